The Kier molecular flexibility index (Phi) is 3.72. The van der Waals surface area contributed by atoms with Gasteiger partial charge in [-0.2, -0.15) is 0 Å². The van der Waals surface area contributed by atoms with Crippen LogP contribution in [0.5, 0.6) is 0 Å². The average Bonchev–Trinajstić information content (AvgIpc) is 3.22. The highest BCUT2D eigenvalue weighted by Gasteiger charge is 2.20. The number of rotatable bonds is 5. The number of aromatic nitrogens is 1. The summed E-state index contributed by atoms with van der Waals surface area (Å²) in [6.45, 7) is 4.11. The zero-order chi connectivity index (χ0) is 12.2. The van der Waals surface area contributed by atoms with Crippen molar-refractivity contribution in [2.45, 2.75) is 38.4 Å². The normalized spacial score (nSPS) is 20.2. The summed E-state index contributed by atoms with van der Waals surface area (Å²) in [4.78, 5) is 7.18. The van der Waals surface area contributed by atoms with Crippen molar-refractivity contribution < 1.29 is 0 Å². The van der Waals surface area contributed by atoms with Crippen LogP contribution < -0.4 is 5.32 Å². The second-order valence-electron chi connectivity index (χ2n) is 5.27. The van der Waals surface area contributed by atoms with Crippen LogP contribution in [-0.4, -0.2) is 29.0 Å². The molecule has 3 nitrogen and oxygen atoms in total. The van der Waals surface area contributed by atoms with Crippen LogP contribution >= 0.6 is 0 Å². The highest BCUT2D eigenvalue weighted by molar-refractivity contribution is 5.12. The van der Waals surface area contributed by atoms with E-state index < -0.39 is 0 Å². The molecule has 0 saturated heterocycles. The number of nitrogens with one attached hydrogen (secondary N) is 1. The lowest BCUT2D eigenvalue weighted by Gasteiger charge is -2.22. The Hall–Kier alpha value is -1.19. The van der Waals surface area contributed by atoms with Crippen molar-refractivity contribution in [3.63, 3.8) is 0 Å². The van der Waals surface area contributed by atoms with E-state index in [-0.39, 0.29) is 0 Å². The Balaban J connectivity index is 1.56. The SMILES string of the molecule is C1=CCN(Cc2cccc(CNC3CC3)n2)CC1. The summed E-state index contributed by atoms with van der Waals surface area (Å²) in [5, 5.41) is 3.52. The van der Waals surface area contributed by atoms with Gasteiger partial charge in [-0.25, -0.2) is 0 Å². The number of pyridine rings is 1. The molecule has 96 valence electrons. The molecule has 0 spiro atoms. The van der Waals surface area contributed by atoms with Crippen LogP contribution in [0.15, 0.2) is 30.4 Å². The third-order valence-corrected chi connectivity index (χ3v) is 3.54. The number of nitrogens with zero attached hydrogens (tertiary/aromatic N) is 2. The van der Waals surface area contributed by atoms with Gasteiger partial charge >= 0.3 is 0 Å². The summed E-state index contributed by atoms with van der Waals surface area (Å²) in [6.07, 6.45) is 8.35. The van der Waals surface area contributed by atoms with Gasteiger partial charge in [-0.3, -0.25) is 9.88 Å². The molecule has 0 radical (unpaired) electrons. The van der Waals surface area contributed by atoms with Crippen molar-refractivity contribution in [2.24, 2.45) is 0 Å². The fourth-order valence-electron chi connectivity index (χ4n) is 2.31. The number of hydrogen-bond acceptors (Lipinski definition) is 3. The topological polar surface area (TPSA) is 28.2 Å². The summed E-state index contributed by atoms with van der Waals surface area (Å²) in [5.74, 6) is 0. The Morgan fingerprint density at radius 2 is 2.11 bits per heavy atom. The van der Waals surface area contributed by atoms with E-state index in [0.29, 0.717) is 0 Å². The van der Waals surface area contributed by atoms with Crippen molar-refractivity contribution in [3.8, 4) is 0 Å². The van der Waals surface area contributed by atoms with E-state index >= 15 is 0 Å². The molecule has 2 heterocycles. The maximum absolute atomic E-state index is 4.74. The molecule has 18 heavy (non-hydrogen) atoms. The zero-order valence-corrected chi connectivity index (χ0v) is 10.8. The molecule has 1 fully saturated rings. The molecule has 1 aliphatic heterocycles. The summed E-state index contributed by atoms with van der Waals surface area (Å²) >= 11 is 0. The van der Waals surface area contributed by atoms with Crippen LogP contribution in [0.4, 0.5) is 0 Å². The molecular formula is C15H21N3. The summed E-state index contributed by atoms with van der Waals surface area (Å²) in [7, 11) is 0. The van der Waals surface area contributed by atoms with Gasteiger partial charge in [0.25, 0.3) is 0 Å². The van der Waals surface area contributed by atoms with E-state index in [1.54, 1.807) is 0 Å². The summed E-state index contributed by atoms with van der Waals surface area (Å²) in [6, 6.07) is 7.14. The molecule has 0 aromatic carbocycles. The van der Waals surface area contributed by atoms with Gasteiger partial charge in [0.2, 0.25) is 0 Å². The van der Waals surface area contributed by atoms with Crippen molar-refractivity contribution in [3.05, 3.63) is 41.7 Å². The lowest BCUT2D eigenvalue weighted by Crippen LogP contribution is -2.27. The fourth-order valence-corrected chi connectivity index (χ4v) is 2.31. The molecule has 1 saturated carbocycles. The average molecular weight is 243 g/mol. The predicted molar refractivity (Wildman–Crippen MR) is 73.1 cm³/mol. The van der Waals surface area contributed by atoms with Crippen LogP contribution in [0.25, 0.3) is 0 Å². The van der Waals surface area contributed by atoms with Crippen LogP contribution in [0, 0.1) is 0 Å². The second kappa shape index (κ2) is 5.63. The molecular weight excluding hydrogens is 222 g/mol. The van der Waals surface area contributed by atoms with Gasteiger partial charge < -0.3 is 5.32 Å². The maximum Gasteiger partial charge on any atom is 0.0547 e. The quantitative estimate of drug-likeness (QED) is 0.803. The van der Waals surface area contributed by atoms with Crippen molar-refractivity contribution in [1.29, 1.82) is 0 Å². The summed E-state index contributed by atoms with van der Waals surface area (Å²) in [5.41, 5.74) is 2.37. The molecule has 3 rings (SSSR count). The minimum Gasteiger partial charge on any atom is -0.308 e. The minimum absolute atomic E-state index is 0.752. The third-order valence-electron chi connectivity index (χ3n) is 3.54. The molecule has 1 aliphatic carbocycles. The van der Waals surface area contributed by atoms with E-state index in [0.717, 1.165) is 32.2 Å². The zero-order valence-electron chi connectivity index (χ0n) is 10.8. The van der Waals surface area contributed by atoms with Crippen molar-refractivity contribution >= 4 is 0 Å². The molecule has 1 aromatic rings. The van der Waals surface area contributed by atoms with Gasteiger partial charge in [0.05, 0.1) is 11.4 Å². The molecule has 3 heteroatoms. The van der Waals surface area contributed by atoms with Gasteiger partial charge in [-0.1, -0.05) is 18.2 Å². The highest BCUT2D eigenvalue weighted by atomic mass is 15.1. The van der Waals surface area contributed by atoms with Crippen LogP contribution in [0.2, 0.25) is 0 Å². The van der Waals surface area contributed by atoms with Gasteiger partial charge in [0.1, 0.15) is 0 Å². The van der Waals surface area contributed by atoms with E-state index in [2.05, 4.69) is 40.6 Å². The molecule has 1 N–H and O–H groups in total. The fraction of sp³-hybridized carbons (Fsp3) is 0.533. The van der Waals surface area contributed by atoms with Crippen molar-refractivity contribution in [1.82, 2.24) is 15.2 Å². The third kappa shape index (κ3) is 3.40. The Morgan fingerprint density at radius 1 is 1.22 bits per heavy atom. The Labute approximate surface area is 109 Å². The predicted octanol–water partition coefficient (Wildman–Crippen LogP) is 2.10. The number of hydrogen-bond donors (Lipinski definition) is 1. The van der Waals surface area contributed by atoms with Gasteiger partial charge in [-0.15, -0.1) is 0 Å². The Morgan fingerprint density at radius 3 is 2.89 bits per heavy atom. The Bertz CT molecular complexity index is 424. The first kappa shape index (κ1) is 11.9. The van der Waals surface area contributed by atoms with E-state index in [1.807, 2.05) is 0 Å². The van der Waals surface area contributed by atoms with E-state index in [1.165, 1.54) is 30.7 Å². The van der Waals surface area contributed by atoms with Crippen LogP contribution in [-0.2, 0) is 13.1 Å². The maximum atomic E-state index is 4.74. The standard InChI is InChI=1S/C15H21N3/c1-2-9-18(10-3-1)12-15-6-4-5-14(17-15)11-16-13-7-8-13/h1-2,4-6,13,16H,3,7-12H2. The first-order valence-corrected chi connectivity index (χ1v) is 6.96. The lowest BCUT2D eigenvalue weighted by atomic mass is 10.2. The van der Waals surface area contributed by atoms with Crippen LogP contribution in [0.3, 0.4) is 0 Å². The molecule has 0 bridgehead atoms. The molecule has 0 atom stereocenters. The molecule has 0 amide bonds. The van der Waals surface area contributed by atoms with E-state index in [4.69, 9.17) is 4.98 Å². The molecule has 1 aromatic heterocycles. The first-order valence-electron chi connectivity index (χ1n) is 6.96. The molecule has 2 aliphatic rings. The highest BCUT2D eigenvalue weighted by Crippen LogP contribution is 2.19. The smallest absolute Gasteiger partial charge is 0.0547 e. The van der Waals surface area contributed by atoms with Gasteiger partial charge in [-0.05, 0) is 31.4 Å². The van der Waals surface area contributed by atoms with Gasteiger partial charge in [0.15, 0.2) is 0 Å². The lowest BCUT2D eigenvalue weighted by molar-refractivity contribution is 0.287. The van der Waals surface area contributed by atoms with Gasteiger partial charge in [0, 0.05) is 32.2 Å². The minimum atomic E-state index is 0.752. The van der Waals surface area contributed by atoms with Crippen molar-refractivity contribution in [2.75, 3.05) is 13.1 Å². The second-order valence-corrected chi connectivity index (χ2v) is 5.27. The van der Waals surface area contributed by atoms with E-state index in [9.17, 15) is 0 Å². The molecule has 0 unspecified atom stereocenters. The largest absolute Gasteiger partial charge is 0.308 e. The summed E-state index contributed by atoms with van der Waals surface area (Å²) < 4.78 is 0. The van der Waals surface area contributed by atoms with Crippen LogP contribution in [0.1, 0.15) is 30.7 Å². The monoisotopic (exact) mass is 243 g/mol. The first-order chi connectivity index (χ1) is 8.90.